The molecule has 1 aliphatic heterocycles. The molecule has 124 valence electrons. The van der Waals surface area contributed by atoms with Crippen molar-refractivity contribution < 1.29 is 14.3 Å². The lowest BCUT2D eigenvalue weighted by molar-refractivity contribution is -0.122. The number of methoxy groups -OCH3 is 1. The summed E-state index contributed by atoms with van der Waals surface area (Å²) in [5.74, 6) is -0.113. The molecule has 0 radical (unpaired) electrons. The molecule has 1 saturated heterocycles. The number of amides is 2. The lowest BCUT2D eigenvalue weighted by atomic mass is 10.1. The van der Waals surface area contributed by atoms with Crippen molar-refractivity contribution >= 4 is 34.8 Å². The van der Waals surface area contributed by atoms with Crippen LogP contribution in [0.25, 0.3) is 0 Å². The van der Waals surface area contributed by atoms with E-state index < -0.39 is 5.92 Å². The van der Waals surface area contributed by atoms with Gasteiger partial charge in [-0.25, -0.2) is 0 Å². The fraction of sp³-hybridized carbons (Fsp3) is 0.222. The molecule has 0 saturated carbocycles. The van der Waals surface area contributed by atoms with Gasteiger partial charge in [0.25, 0.3) is 0 Å². The molecular weight excluding hydrogens is 328 g/mol. The lowest BCUT2D eigenvalue weighted by Gasteiger charge is -2.17. The van der Waals surface area contributed by atoms with Crippen LogP contribution in [0.3, 0.4) is 0 Å². The van der Waals surface area contributed by atoms with Crippen molar-refractivity contribution in [3.8, 4) is 5.75 Å². The number of hydrogen-bond donors (Lipinski definition) is 1. The smallest absolute Gasteiger partial charge is 0.229 e. The first kappa shape index (κ1) is 16.3. The van der Waals surface area contributed by atoms with Gasteiger partial charge < -0.3 is 15.0 Å². The third-order valence-corrected chi connectivity index (χ3v) is 4.22. The third-order valence-electron chi connectivity index (χ3n) is 3.98. The molecule has 0 aliphatic carbocycles. The Labute approximate surface area is 145 Å². The summed E-state index contributed by atoms with van der Waals surface area (Å²) in [5.41, 5.74) is 1.30. The molecular formula is C18H17ClN2O3. The molecule has 1 aliphatic rings. The monoisotopic (exact) mass is 344 g/mol. The van der Waals surface area contributed by atoms with Crippen molar-refractivity contribution in [3.05, 3.63) is 53.6 Å². The lowest BCUT2D eigenvalue weighted by Crippen LogP contribution is -2.28. The third kappa shape index (κ3) is 3.36. The Morgan fingerprint density at radius 3 is 2.79 bits per heavy atom. The van der Waals surface area contributed by atoms with Gasteiger partial charge >= 0.3 is 0 Å². The average Bonchev–Trinajstić information content (AvgIpc) is 2.97. The SMILES string of the molecule is COc1ccccc1NC(=O)C1CC(=O)N(c2cccc(Cl)c2)C1. The molecule has 1 N–H and O–H groups in total. The van der Waals surface area contributed by atoms with Crippen molar-refractivity contribution in [2.24, 2.45) is 5.92 Å². The Hall–Kier alpha value is -2.53. The Kier molecular flexibility index (Phi) is 4.71. The molecule has 1 heterocycles. The number of halogens is 1. The van der Waals surface area contributed by atoms with Crippen LogP contribution in [0.4, 0.5) is 11.4 Å². The van der Waals surface area contributed by atoms with Gasteiger partial charge in [0.2, 0.25) is 11.8 Å². The van der Waals surface area contributed by atoms with Crippen molar-refractivity contribution in [2.45, 2.75) is 6.42 Å². The van der Waals surface area contributed by atoms with Crippen molar-refractivity contribution in [3.63, 3.8) is 0 Å². The summed E-state index contributed by atoms with van der Waals surface area (Å²) in [6.07, 6.45) is 0.174. The molecule has 2 amide bonds. The zero-order valence-corrected chi connectivity index (χ0v) is 13.9. The highest BCUT2D eigenvalue weighted by atomic mass is 35.5. The van der Waals surface area contributed by atoms with Crippen LogP contribution < -0.4 is 15.0 Å². The average molecular weight is 345 g/mol. The van der Waals surface area contributed by atoms with E-state index in [0.29, 0.717) is 28.7 Å². The topological polar surface area (TPSA) is 58.6 Å². The van der Waals surface area contributed by atoms with E-state index in [-0.39, 0.29) is 18.2 Å². The molecule has 1 atom stereocenters. The van der Waals surface area contributed by atoms with E-state index in [4.69, 9.17) is 16.3 Å². The molecule has 0 bridgehead atoms. The molecule has 1 unspecified atom stereocenters. The van der Waals surface area contributed by atoms with Crippen LogP contribution in [0.15, 0.2) is 48.5 Å². The number of anilines is 2. The quantitative estimate of drug-likeness (QED) is 0.925. The second-order valence-corrected chi connectivity index (χ2v) is 6.01. The van der Waals surface area contributed by atoms with Crippen LogP contribution in [-0.2, 0) is 9.59 Å². The molecule has 5 nitrogen and oxygen atoms in total. The highest BCUT2D eigenvalue weighted by Gasteiger charge is 2.35. The van der Waals surface area contributed by atoms with Gasteiger partial charge in [-0.1, -0.05) is 29.8 Å². The number of rotatable bonds is 4. The summed E-state index contributed by atoms with van der Waals surface area (Å²) < 4.78 is 5.23. The van der Waals surface area contributed by atoms with Crippen LogP contribution in [0.2, 0.25) is 5.02 Å². The second kappa shape index (κ2) is 6.93. The van der Waals surface area contributed by atoms with E-state index in [1.165, 1.54) is 0 Å². The van der Waals surface area contributed by atoms with Crippen LogP contribution in [0.1, 0.15) is 6.42 Å². The van der Waals surface area contributed by atoms with E-state index in [0.717, 1.165) is 0 Å². The number of carbonyl (C=O) groups is 2. The van der Waals surface area contributed by atoms with E-state index in [1.54, 1.807) is 42.3 Å². The maximum Gasteiger partial charge on any atom is 0.229 e. The Morgan fingerprint density at radius 1 is 1.25 bits per heavy atom. The number of hydrogen-bond acceptors (Lipinski definition) is 3. The van der Waals surface area contributed by atoms with Crippen LogP contribution in [0, 0.1) is 5.92 Å². The first-order valence-corrected chi connectivity index (χ1v) is 7.96. The summed E-state index contributed by atoms with van der Waals surface area (Å²) in [6.45, 7) is 0.333. The maximum absolute atomic E-state index is 12.5. The summed E-state index contributed by atoms with van der Waals surface area (Å²) >= 11 is 5.98. The zero-order chi connectivity index (χ0) is 17.1. The highest BCUT2D eigenvalue weighted by molar-refractivity contribution is 6.31. The summed E-state index contributed by atoms with van der Waals surface area (Å²) in [5, 5.41) is 3.40. The number of benzene rings is 2. The fourth-order valence-corrected chi connectivity index (χ4v) is 2.94. The van der Waals surface area contributed by atoms with E-state index in [9.17, 15) is 9.59 Å². The number of ether oxygens (including phenoxy) is 1. The van der Waals surface area contributed by atoms with Gasteiger partial charge in [0.05, 0.1) is 18.7 Å². The fourth-order valence-electron chi connectivity index (χ4n) is 2.76. The molecule has 1 fully saturated rings. The second-order valence-electron chi connectivity index (χ2n) is 5.57. The minimum Gasteiger partial charge on any atom is -0.495 e. The van der Waals surface area contributed by atoms with Crippen molar-refractivity contribution in [2.75, 3.05) is 23.9 Å². The maximum atomic E-state index is 12.5. The molecule has 6 heteroatoms. The predicted molar refractivity (Wildman–Crippen MR) is 93.5 cm³/mol. The number of nitrogens with zero attached hydrogens (tertiary/aromatic N) is 1. The van der Waals surface area contributed by atoms with Gasteiger partial charge in [0.1, 0.15) is 5.75 Å². The normalized spacial score (nSPS) is 17.0. The van der Waals surface area contributed by atoms with Gasteiger partial charge in [0, 0.05) is 23.7 Å². The minimum absolute atomic E-state index is 0.0857. The summed E-state index contributed by atoms with van der Waals surface area (Å²) in [4.78, 5) is 26.4. The summed E-state index contributed by atoms with van der Waals surface area (Å²) in [6, 6.07) is 14.2. The van der Waals surface area contributed by atoms with Crippen LogP contribution in [0.5, 0.6) is 5.75 Å². The largest absolute Gasteiger partial charge is 0.495 e. The molecule has 3 rings (SSSR count). The molecule has 2 aromatic carbocycles. The molecule has 2 aromatic rings. The van der Waals surface area contributed by atoms with Crippen LogP contribution in [-0.4, -0.2) is 25.5 Å². The minimum atomic E-state index is -0.415. The van der Waals surface area contributed by atoms with Crippen molar-refractivity contribution in [1.82, 2.24) is 0 Å². The first-order valence-electron chi connectivity index (χ1n) is 7.58. The van der Waals surface area contributed by atoms with Crippen molar-refractivity contribution in [1.29, 1.82) is 0 Å². The highest BCUT2D eigenvalue weighted by Crippen LogP contribution is 2.29. The van der Waals surface area contributed by atoms with Gasteiger partial charge in [-0.05, 0) is 30.3 Å². The standard InChI is InChI=1S/C18H17ClN2O3/c1-24-16-8-3-2-7-15(16)20-18(23)12-9-17(22)21(11-12)14-6-4-5-13(19)10-14/h2-8,10,12H,9,11H2,1H3,(H,20,23). The van der Waals surface area contributed by atoms with E-state index in [1.807, 2.05) is 18.2 Å². The van der Waals surface area contributed by atoms with E-state index >= 15 is 0 Å². The zero-order valence-electron chi connectivity index (χ0n) is 13.2. The molecule has 24 heavy (non-hydrogen) atoms. The van der Waals surface area contributed by atoms with Gasteiger partial charge in [-0.3, -0.25) is 9.59 Å². The van der Waals surface area contributed by atoms with Gasteiger partial charge in [0.15, 0.2) is 0 Å². The predicted octanol–water partition coefficient (Wildman–Crippen LogP) is 3.34. The number of para-hydroxylation sites is 2. The molecule has 0 aromatic heterocycles. The number of nitrogens with one attached hydrogen (secondary N) is 1. The van der Waals surface area contributed by atoms with Gasteiger partial charge in [-0.2, -0.15) is 0 Å². The Balaban J connectivity index is 1.72. The van der Waals surface area contributed by atoms with Crippen LogP contribution >= 0.6 is 11.6 Å². The Bertz CT molecular complexity index is 778. The number of carbonyl (C=O) groups excluding carboxylic acids is 2. The summed E-state index contributed by atoms with van der Waals surface area (Å²) in [7, 11) is 1.55. The van der Waals surface area contributed by atoms with Gasteiger partial charge in [-0.15, -0.1) is 0 Å². The first-order chi connectivity index (χ1) is 11.6. The van der Waals surface area contributed by atoms with E-state index in [2.05, 4.69) is 5.32 Å². The Morgan fingerprint density at radius 2 is 2.04 bits per heavy atom. The molecule has 0 spiro atoms.